The largest absolute Gasteiger partial charge is 0.381 e. The summed E-state index contributed by atoms with van der Waals surface area (Å²) in [5.41, 5.74) is 6.24. The molecule has 3 nitrogen and oxygen atoms in total. The van der Waals surface area contributed by atoms with Crippen LogP contribution >= 0.6 is 0 Å². The van der Waals surface area contributed by atoms with E-state index in [-0.39, 0.29) is 17.2 Å². The van der Waals surface area contributed by atoms with Gasteiger partial charge in [0.1, 0.15) is 0 Å². The van der Waals surface area contributed by atoms with Crippen LogP contribution in [0.4, 0.5) is 5.69 Å². The van der Waals surface area contributed by atoms with Gasteiger partial charge in [-0.15, -0.1) is 0 Å². The van der Waals surface area contributed by atoms with Gasteiger partial charge in [-0.3, -0.25) is 4.79 Å². The standard InChI is InChI=1S/C25H31NO2/c1-4-5-19(3)24(27)26-17-25(12-14-28-15-13-25)22-16-21(10-11-23(22)26)20-8-6-18(2)7-9-20/h6-11,16,19H,4-5,12-15,17H2,1-3H3. The van der Waals surface area contributed by atoms with Crippen LogP contribution in [-0.4, -0.2) is 25.7 Å². The molecule has 2 aromatic carbocycles. The Morgan fingerprint density at radius 2 is 1.79 bits per heavy atom. The fourth-order valence-electron chi connectivity index (χ4n) is 4.80. The molecule has 0 radical (unpaired) electrons. The van der Waals surface area contributed by atoms with Gasteiger partial charge in [0.25, 0.3) is 0 Å². The van der Waals surface area contributed by atoms with Crippen LogP contribution in [0, 0.1) is 12.8 Å². The van der Waals surface area contributed by atoms with Crippen molar-refractivity contribution < 1.29 is 9.53 Å². The van der Waals surface area contributed by atoms with Crippen LogP contribution < -0.4 is 4.90 Å². The first-order chi connectivity index (χ1) is 13.5. The average Bonchev–Trinajstić information content (AvgIpc) is 3.02. The predicted molar refractivity (Wildman–Crippen MR) is 115 cm³/mol. The number of fused-ring (bicyclic) bond motifs is 2. The molecule has 1 saturated heterocycles. The quantitative estimate of drug-likeness (QED) is 0.705. The van der Waals surface area contributed by atoms with Gasteiger partial charge in [0.15, 0.2) is 0 Å². The van der Waals surface area contributed by atoms with Gasteiger partial charge in [-0.05, 0) is 55.0 Å². The Hall–Kier alpha value is -2.13. The first-order valence-corrected chi connectivity index (χ1v) is 10.6. The van der Waals surface area contributed by atoms with Gasteiger partial charge >= 0.3 is 0 Å². The number of anilines is 1. The molecular weight excluding hydrogens is 346 g/mol. The van der Waals surface area contributed by atoms with Crippen molar-refractivity contribution in [1.82, 2.24) is 0 Å². The molecule has 1 fully saturated rings. The third-order valence-electron chi connectivity index (χ3n) is 6.56. The molecule has 1 atom stereocenters. The summed E-state index contributed by atoms with van der Waals surface area (Å²) in [6.45, 7) is 8.69. The predicted octanol–water partition coefficient (Wildman–Crippen LogP) is 5.49. The molecule has 1 amide bonds. The Kier molecular flexibility index (Phi) is 5.29. The van der Waals surface area contributed by atoms with Gasteiger partial charge in [-0.1, -0.05) is 56.2 Å². The van der Waals surface area contributed by atoms with Crippen LogP contribution in [0.5, 0.6) is 0 Å². The van der Waals surface area contributed by atoms with Crippen LogP contribution in [-0.2, 0) is 14.9 Å². The zero-order valence-electron chi connectivity index (χ0n) is 17.3. The van der Waals surface area contributed by atoms with E-state index in [1.807, 2.05) is 0 Å². The summed E-state index contributed by atoms with van der Waals surface area (Å²) in [5, 5.41) is 0. The molecule has 2 aromatic rings. The highest BCUT2D eigenvalue weighted by molar-refractivity contribution is 5.98. The lowest BCUT2D eigenvalue weighted by atomic mass is 9.75. The van der Waals surface area contributed by atoms with Gasteiger partial charge in [-0.25, -0.2) is 0 Å². The molecule has 2 heterocycles. The lowest BCUT2D eigenvalue weighted by molar-refractivity contribution is -0.122. The molecule has 0 bridgehead atoms. The van der Waals surface area contributed by atoms with Crippen molar-refractivity contribution in [2.24, 2.45) is 5.92 Å². The lowest BCUT2D eigenvalue weighted by Gasteiger charge is -2.34. The minimum Gasteiger partial charge on any atom is -0.381 e. The second-order valence-corrected chi connectivity index (χ2v) is 8.60. The van der Waals surface area contributed by atoms with E-state index in [1.54, 1.807) is 0 Å². The summed E-state index contributed by atoms with van der Waals surface area (Å²) in [6.07, 6.45) is 3.97. The summed E-state index contributed by atoms with van der Waals surface area (Å²) in [5.74, 6) is 0.346. The first-order valence-electron chi connectivity index (χ1n) is 10.6. The summed E-state index contributed by atoms with van der Waals surface area (Å²) < 4.78 is 5.68. The minimum atomic E-state index is 0.0376. The van der Waals surface area contributed by atoms with Gasteiger partial charge in [0, 0.05) is 36.8 Å². The third kappa shape index (κ3) is 3.37. The number of carbonyl (C=O) groups excluding carboxylic acids is 1. The van der Waals surface area contributed by atoms with Gasteiger partial charge < -0.3 is 9.64 Å². The Labute approximate surface area is 168 Å². The molecule has 148 valence electrons. The van der Waals surface area contributed by atoms with Crippen LogP contribution in [0.15, 0.2) is 42.5 Å². The van der Waals surface area contributed by atoms with Gasteiger partial charge in [0.2, 0.25) is 5.91 Å². The summed E-state index contributed by atoms with van der Waals surface area (Å²) in [7, 11) is 0. The molecule has 3 heteroatoms. The lowest BCUT2D eigenvalue weighted by Crippen LogP contribution is -2.42. The fraction of sp³-hybridized carbons (Fsp3) is 0.480. The van der Waals surface area contributed by atoms with Crippen molar-refractivity contribution >= 4 is 11.6 Å². The van der Waals surface area contributed by atoms with Crippen molar-refractivity contribution in [2.45, 2.75) is 51.9 Å². The minimum absolute atomic E-state index is 0.0376. The number of ether oxygens (including phenoxy) is 1. The Bertz CT molecular complexity index is 849. The molecular formula is C25H31NO2. The highest BCUT2D eigenvalue weighted by atomic mass is 16.5. The van der Waals surface area contributed by atoms with E-state index < -0.39 is 0 Å². The number of nitrogens with zero attached hydrogens (tertiary/aromatic N) is 1. The van der Waals surface area contributed by atoms with E-state index in [0.29, 0.717) is 0 Å². The van der Waals surface area contributed by atoms with E-state index in [1.165, 1.54) is 22.3 Å². The number of hydrogen-bond donors (Lipinski definition) is 0. The smallest absolute Gasteiger partial charge is 0.229 e. The number of aryl methyl sites for hydroxylation is 1. The molecule has 2 aliphatic rings. The second-order valence-electron chi connectivity index (χ2n) is 8.60. The topological polar surface area (TPSA) is 29.5 Å². The molecule has 4 rings (SSSR count). The van der Waals surface area contributed by atoms with E-state index in [2.05, 4.69) is 68.1 Å². The van der Waals surface area contributed by atoms with Crippen molar-refractivity contribution in [1.29, 1.82) is 0 Å². The Morgan fingerprint density at radius 1 is 1.11 bits per heavy atom. The molecule has 28 heavy (non-hydrogen) atoms. The summed E-state index contributed by atoms with van der Waals surface area (Å²) >= 11 is 0. The molecule has 0 N–H and O–H groups in total. The summed E-state index contributed by atoms with van der Waals surface area (Å²) in [4.78, 5) is 15.3. The molecule has 1 unspecified atom stereocenters. The molecule has 0 saturated carbocycles. The van der Waals surface area contributed by atoms with Crippen molar-refractivity contribution in [3.63, 3.8) is 0 Å². The maximum atomic E-state index is 13.2. The normalized spacial score (nSPS) is 18.9. The van der Waals surface area contributed by atoms with E-state index in [9.17, 15) is 4.79 Å². The van der Waals surface area contributed by atoms with Crippen molar-refractivity contribution in [3.8, 4) is 11.1 Å². The number of benzene rings is 2. The molecule has 2 aliphatic heterocycles. The van der Waals surface area contributed by atoms with E-state index in [4.69, 9.17) is 4.74 Å². The zero-order valence-corrected chi connectivity index (χ0v) is 17.3. The van der Waals surface area contributed by atoms with Crippen LogP contribution in [0.1, 0.15) is 50.7 Å². The van der Waals surface area contributed by atoms with E-state index >= 15 is 0 Å². The van der Waals surface area contributed by atoms with E-state index in [0.717, 1.165) is 51.1 Å². The monoisotopic (exact) mass is 377 g/mol. The van der Waals surface area contributed by atoms with Crippen LogP contribution in [0.3, 0.4) is 0 Å². The highest BCUT2D eigenvalue weighted by Crippen LogP contribution is 2.48. The van der Waals surface area contributed by atoms with Crippen LogP contribution in [0.25, 0.3) is 11.1 Å². The first kappa shape index (κ1) is 19.2. The van der Waals surface area contributed by atoms with Crippen molar-refractivity contribution in [3.05, 3.63) is 53.6 Å². The maximum absolute atomic E-state index is 13.2. The summed E-state index contributed by atoms with van der Waals surface area (Å²) in [6, 6.07) is 15.4. The van der Waals surface area contributed by atoms with Crippen molar-refractivity contribution in [2.75, 3.05) is 24.7 Å². The highest BCUT2D eigenvalue weighted by Gasteiger charge is 2.46. The number of rotatable bonds is 4. The van der Waals surface area contributed by atoms with Crippen LogP contribution in [0.2, 0.25) is 0 Å². The second kappa shape index (κ2) is 7.71. The number of hydrogen-bond acceptors (Lipinski definition) is 2. The number of amides is 1. The fourth-order valence-corrected chi connectivity index (χ4v) is 4.80. The molecule has 0 aromatic heterocycles. The zero-order chi connectivity index (χ0) is 19.7. The van der Waals surface area contributed by atoms with Gasteiger partial charge in [-0.2, -0.15) is 0 Å². The third-order valence-corrected chi connectivity index (χ3v) is 6.56. The van der Waals surface area contributed by atoms with Gasteiger partial charge in [0.05, 0.1) is 0 Å². The maximum Gasteiger partial charge on any atom is 0.229 e. The Balaban J connectivity index is 1.75. The molecule has 1 spiro atoms. The molecule has 0 aliphatic carbocycles. The number of carbonyl (C=O) groups is 1. The SMILES string of the molecule is CCCC(C)C(=O)N1CC2(CCOCC2)c2cc(-c3ccc(C)cc3)ccc21. The average molecular weight is 378 g/mol. The Morgan fingerprint density at radius 3 is 2.46 bits per heavy atom.